The van der Waals surface area contributed by atoms with Gasteiger partial charge in [0.15, 0.2) is 0 Å². The molecule has 0 radical (unpaired) electrons. The molecule has 1 atom stereocenters. The van der Waals surface area contributed by atoms with Crippen molar-refractivity contribution in [3.8, 4) is 11.3 Å². The van der Waals surface area contributed by atoms with E-state index in [0.717, 1.165) is 0 Å². The lowest BCUT2D eigenvalue weighted by molar-refractivity contribution is 0.0943. The summed E-state index contributed by atoms with van der Waals surface area (Å²) in [5, 5.41) is 18.2. The highest BCUT2D eigenvalue weighted by molar-refractivity contribution is 6.31. The highest BCUT2D eigenvalue weighted by Gasteiger charge is 2.16. The van der Waals surface area contributed by atoms with Crippen molar-refractivity contribution in [2.24, 2.45) is 5.92 Å². The second kappa shape index (κ2) is 6.69. The molecule has 1 aromatic heterocycles. The molecule has 2 aromatic rings. The Balaban J connectivity index is 2.21. The van der Waals surface area contributed by atoms with Crippen LogP contribution in [0.2, 0.25) is 5.02 Å². The summed E-state index contributed by atoms with van der Waals surface area (Å²) in [4.78, 5) is 12.1. The van der Waals surface area contributed by atoms with Crippen molar-refractivity contribution in [3.63, 3.8) is 0 Å². The molecule has 0 fully saturated rings. The van der Waals surface area contributed by atoms with Crippen molar-refractivity contribution < 1.29 is 14.3 Å². The number of aliphatic hydroxyl groups excluding tert-OH is 1. The smallest absolute Gasteiger partial charge is 0.255 e. The van der Waals surface area contributed by atoms with Crippen LogP contribution in [0, 0.1) is 11.7 Å². The number of carbonyl (C=O) groups is 1. The van der Waals surface area contributed by atoms with E-state index in [1.807, 2.05) is 6.92 Å². The number of halogens is 2. The first-order valence-electron chi connectivity index (χ1n) is 6.40. The van der Waals surface area contributed by atoms with E-state index in [-0.39, 0.29) is 23.5 Å². The zero-order chi connectivity index (χ0) is 15.4. The number of aromatic amines is 1. The molecule has 0 spiro atoms. The quantitative estimate of drug-likeness (QED) is 0.792. The number of benzene rings is 1. The SMILES string of the molecule is CC(CO)CNC(=O)c1cn[nH]c1-c1ccc(F)c(Cl)c1. The molecule has 0 bridgehead atoms. The van der Waals surface area contributed by atoms with E-state index in [4.69, 9.17) is 16.7 Å². The maximum Gasteiger partial charge on any atom is 0.255 e. The standard InChI is InChI=1S/C14H15ClFN3O2/c1-8(7-20)5-17-14(21)10-6-18-19-13(10)9-2-3-12(16)11(15)4-9/h2-4,6,8,20H,5,7H2,1H3,(H,17,21)(H,18,19). The minimum Gasteiger partial charge on any atom is -0.396 e. The summed E-state index contributed by atoms with van der Waals surface area (Å²) in [5.41, 5.74) is 1.37. The van der Waals surface area contributed by atoms with Gasteiger partial charge in [-0.2, -0.15) is 5.10 Å². The monoisotopic (exact) mass is 311 g/mol. The van der Waals surface area contributed by atoms with Crippen molar-refractivity contribution in [1.82, 2.24) is 15.5 Å². The summed E-state index contributed by atoms with van der Waals surface area (Å²) < 4.78 is 13.2. The van der Waals surface area contributed by atoms with E-state index < -0.39 is 5.82 Å². The fraction of sp³-hybridized carbons (Fsp3) is 0.286. The minimum absolute atomic E-state index is 0.00784. The molecule has 1 aromatic carbocycles. The number of amides is 1. The number of rotatable bonds is 5. The van der Waals surface area contributed by atoms with Crippen LogP contribution in [-0.4, -0.2) is 34.4 Å². The number of hydrogen-bond acceptors (Lipinski definition) is 3. The number of nitrogens with one attached hydrogen (secondary N) is 2. The van der Waals surface area contributed by atoms with Gasteiger partial charge in [-0.15, -0.1) is 0 Å². The Bertz CT molecular complexity index is 645. The fourth-order valence-corrected chi connectivity index (χ4v) is 1.94. The van der Waals surface area contributed by atoms with E-state index in [1.165, 1.54) is 24.4 Å². The van der Waals surface area contributed by atoms with Crippen LogP contribution in [0.3, 0.4) is 0 Å². The molecule has 112 valence electrons. The number of nitrogens with zero attached hydrogens (tertiary/aromatic N) is 1. The molecule has 0 aliphatic carbocycles. The molecule has 21 heavy (non-hydrogen) atoms. The fourth-order valence-electron chi connectivity index (χ4n) is 1.76. The summed E-state index contributed by atoms with van der Waals surface area (Å²) >= 11 is 5.75. The van der Waals surface area contributed by atoms with Crippen molar-refractivity contribution >= 4 is 17.5 Å². The summed E-state index contributed by atoms with van der Waals surface area (Å²) in [6.07, 6.45) is 1.39. The van der Waals surface area contributed by atoms with Crippen LogP contribution < -0.4 is 5.32 Å². The number of aromatic nitrogens is 2. The van der Waals surface area contributed by atoms with Gasteiger partial charge >= 0.3 is 0 Å². The first kappa shape index (κ1) is 15.5. The maximum atomic E-state index is 13.2. The average Bonchev–Trinajstić information content (AvgIpc) is 2.96. The predicted octanol–water partition coefficient (Wildman–Crippen LogP) is 2.23. The van der Waals surface area contributed by atoms with Gasteiger partial charge in [-0.1, -0.05) is 18.5 Å². The van der Waals surface area contributed by atoms with E-state index in [9.17, 15) is 9.18 Å². The van der Waals surface area contributed by atoms with Gasteiger partial charge in [0, 0.05) is 18.7 Å². The van der Waals surface area contributed by atoms with Gasteiger partial charge in [0.25, 0.3) is 5.91 Å². The normalized spacial score (nSPS) is 12.2. The Morgan fingerprint density at radius 3 is 3.00 bits per heavy atom. The highest BCUT2D eigenvalue weighted by atomic mass is 35.5. The Labute approximate surface area is 126 Å². The zero-order valence-electron chi connectivity index (χ0n) is 11.4. The van der Waals surface area contributed by atoms with E-state index >= 15 is 0 Å². The van der Waals surface area contributed by atoms with Gasteiger partial charge < -0.3 is 10.4 Å². The summed E-state index contributed by atoms with van der Waals surface area (Å²) in [6, 6.07) is 4.17. The van der Waals surface area contributed by atoms with Crippen molar-refractivity contribution in [1.29, 1.82) is 0 Å². The Morgan fingerprint density at radius 2 is 2.33 bits per heavy atom. The van der Waals surface area contributed by atoms with Crippen LogP contribution in [-0.2, 0) is 0 Å². The molecule has 0 aliphatic rings. The Kier molecular flexibility index (Phi) is 4.93. The maximum absolute atomic E-state index is 13.2. The molecule has 3 N–H and O–H groups in total. The predicted molar refractivity (Wildman–Crippen MR) is 77.6 cm³/mol. The summed E-state index contributed by atoms with van der Waals surface area (Å²) in [7, 11) is 0. The molecule has 2 rings (SSSR count). The average molecular weight is 312 g/mol. The number of hydrogen-bond donors (Lipinski definition) is 3. The third-order valence-electron chi connectivity index (χ3n) is 3.01. The van der Waals surface area contributed by atoms with Crippen molar-refractivity contribution in [2.75, 3.05) is 13.2 Å². The van der Waals surface area contributed by atoms with Crippen molar-refractivity contribution in [3.05, 3.63) is 40.8 Å². The number of carbonyl (C=O) groups excluding carboxylic acids is 1. The lowest BCUT2D eigenvalue weighted by Crippen LogP contribution is -2.29. The molecule has 1 amide bonds. The molecule has 7 heteroatoms. The van der Waals surface area contributed by atoms with Crippen LogP contribution in [0.25, 0.3) is 11.3 Å². The molecular formula is C14H15ClFN3O2. The first-order valence-corrected chi connectivity index (χ1v) is 6.78. The molecular weight excluding hydrogens is 297 g/mol. The summed E-state index contributed by atoms with van der Waals surface area (Å²) in [5.74, 6) is -0.883. The van der Waals surface area contributed by atoms with Gasteiger partial charge in [0.1, 0.15) is 5.82 Å². The van der Waals surface area contributed by atoms with E-state index in [0.29, 0.717) is 23.4 Å². The third-order valence-corrected chi connectivity index (χ3v) is 3.30. The van der Waals surface area contributed by atoms with Crippen LogP contribution in [0.15, 0.2) is 24.4 Å². The topological polar surface area (TPSA) is 78.0 Å². The van der Waals surface area contributed by atoms with Crippen LogP contribution in [0.5, 0.6) is 0 Å². The number of H-pyrrole nitrogens is 1. The van der Waals surface area contributed by atoms with Gasteiger partial charge in [-0.25, -0.2) is 4.39 Å². The van der Waals surface area contributed by atoms with E-state index in [1.54, 1.807) is 0 Å². The summed E-state index contributed by atoms with van der Waals surface area (Å²) in [6.45, 7) is 2.16. The second-order valence-electron chi connectivity index (χ2n) is 4.79. The van der Waals surface area contributed by atoms with Gasteiger partial charge in [-0.3, -0.25) is 9.89 Å². The lowest BCUT2D eigenvalue weighted by Gasteiger charge is -2.10. The molecule has 0 saturated heterocycles. The first-order chi connectivity index (χ1) is 10.0. The number of aliphatic hydroxyl groups is 1. The molecule has 1 heterocycles. The van der Waals surface area contributed by atoms with Crippen molar-refractivity contribution in [2.45, 2.75) is 6.92 Å². The second-order valence-corrected chi connectivity index (χ2v) is 5.19. The Morgan fingerprint density at radius 1 is 1.57 bits per heavy atom. The van der Waals surface area contributed by atoms with E-state index in [2.05, 4.69) is 15.5 Å². The Hall–Kier alpha value is -1.92. The zero-order valence-corrected chi connectivity index (χ0v) is 12.1. The molecule has 5 nitrogen and oxygen atoms in total. The lowest BCUT2D eigenvalue weighted by atomic mass is 10.1. The molecule has 1 unspecified atom stereocenters. The highest BCUT2D eigenvalue weighted by Crippen LogP contribution is 2.25. The van der Waals surface area contributed by atoms with Gasteiger partial charge in [-0.05, 0) is 24.1 Å². The largest absolute Gasteiger partial charge is 0.396 e. The van der Waals surface area contributed by atoms with Crippen LogP contribution >= 0.6 is 11.6 Å². The van der Waals surface area contributed by atoms with Crippen LogP contribution in [0.4, 0.5) is 4.39 Å². The molecule has 0 saturated carbocycles. The van der Waals surface area contributed by atoms with Gasteiger partial charge in [0.2, 0.25) is 0 Å². The third kappa shape index (κ3) is 3.59. The van der Waals surface area contributed by atoms with Crippen LogP contribution in [0.1, 0.15) is 17.3 Å². The molecule has 0 aliphatic heterocycles. The van der Waals surface area contributed by atoms with Gasteiger partial charge in [0.05, 0.1) is 22.5 Å². The minimum atomic E-state index is -0.525.